The van der Waals surface area contributed by atoms with Gasteiger partial charge in [0.15, 0.2) is 5.13 Å². The molecule has 0 aliphatic rings. The summed E-state index contributed by atoms with van der Waals surface area (Å²) in [6, 6.07) is 0. The molecule has 0 aliphatic carbocycles. The van der Waals surface area contributed by atoms with Crippen molar-refractivity contribution in [3.8, 4) is 0 Å². The summed E-state index contributed by atoms with van der Waals surface area (Å²) in [6.45, 7) is 5.18. The van der Waals surface area contributed by atoms with Gasteiger partial charge in [-0.25, -0.2) is 4.98 Å². The van der Waals surface area contributed by atoms with Crippen LogP contribution >= 0.6 is 11.3 Å². The number of likely N-dealkylation sites (N-methyl/N-ethyl adjacent to an activating group) is 2. The van der Waals surface area contributed by atoms with Crippen molar-refractivity contribution in [3.05, 3.63) is 4.88 Å². The lowest BCUT2D eigenvalue weighted by molar-refractivity contribution is -0.121. The summed E-state index contributed by atoms with van der Waals surface area (Å²) in [7, 11) is 1.57. The van der Waals surface area contributed by atoms with E-state index in [4.69, 9.17) is 5.73 Å². The van der Waals surface area contributed by atoms with Gasteiger partial charge < -0.3 is 21.3 Å². The van der Waals surface area contributed by atoms with Crippen LogP contribution < -0.4 is 16.4 Å². The van der Waals surface area contributed by atoms with E-state index in [1.54, 1.807) is 7.05 Å². The Morgan fingerprint density at radius 3 is 2.70 bits per heavy atom. The number of thiazole rings is 1. The van der Waals surface area contributed by atoms with Crippen molar-refractivity contribution in [2.24, 2.45) is 0 Å². The van der Waals surface area contributed by atoms with Crippen molar-refractivity contribution in [2.75, 3.05) is 37.7 Å². The van der Waals surface area contributed by atoms with Crippen LogP contribution in [0.3, 0.4) is 0 Å². The fourth-order valence-electron chi connectivity index (χ4n) is 1.51. The zero-order valence-electron chi connectivity index (χ0n) is 12.0. The molecule has 4 N–H and O–H groups in total. The molecule has 0 bridgehead atoms. The number of aromatic nitrogens is 1. The monoisotopic (exact) mass is 299 g/mol. The van der Waals surface area contributed by atoms with Gasteiger partial charge in [0.25, 0.3) is 5.91 Å². The number of nitrogens with two attached hydrogens (primary N) is 1. The van der Waals surface area contributed by atoms with Gasteiger partial charge in [-0.1, -0.05) is 18.3 Å². The van der Waals surface area contributed by atoms with E-state index >= 15 is 0 Å². The molecule has 1 rings (SSSR count). The number of nitrogens with zero attached hydrogens (tertiary/aromatic N) is 2. The number of nitrogen functional groups attached to an aromatic ring is 1. The van der Waals surface area contributed by atoms with Crippen molar-refractivity contribution < 1.29 is 9.59 Å². The van der Waals surface area contributed by atoms with Crippen LogP contribution in [0.1, 0.15) is 29.9 Å². The van der Waals surface area contributed by atoms with Crippen LogP contribution in [-0.4, -0.2) is 48.4 Å². The number of hydrogen-bond donors (Lipinski definition) is 3. The van der Waals surface area contributed by atoms with E-state index in [0.29, 0.717) is 16.6 Å². The van der Waals surface area contributed by atoms with E-state index in [-0.39, 0.29) is 24.2 Å². The SMILES string of the molecule is CCCNc1nc(N)c(C(=O)N(C)CC(=O)NCC)s1. The Hall–Kier alpha value is -1.83. The van der Waals surface area contributed by atoms with Gasteiger partial charge in [-0.3, -0.25) is 9.59 Å². The molecule has 0 atom stereocenters. The van der Waals surface area contributed by atoms with Gasteiger partial charge in [0.1, 0.15) is 10.7 Å². The van der Waals surface area contributed by atoms with Crippen molar-refractivity contribution in [1.29, 1.82) is 0 Å². The van der Waals surface area contributed by atoms with Gasteiger partial charge in [-0.05, 0) is 13.3 Å². The van der Waals surface area contributed by atoms with Crippen molar-refractivity contribution in [2.45, 2.75) is 20.3 Å². The summed E-state index contributed by atoms with van der Waals surface area (Å²) in [5.41, 5.74) is 5.75. The molecule has 1 aromatic rings. The Kier molecular flexibility index (Phi) is 6.23. The summed E-state index contributed by atoms with van der Waals surface area (Å²) in [4.78, 5) is 29.5. The first kappa shape index (κ1) is 16.2. The first-order chi connectivity index (χ1) is 9.49. The zero-order chi connectivity index (χ0) is 15.1. The highest BCUT2D eigenvalue weighted by Crippen LogP contribution is 2.25. The number of anilines is 2. The summed E-state index contributed by atoms with van der Waals surface area (Å²) in [5.74, 6) is -0.298. The molecule has 0 spiro atoms. The molecule has 0 saturated heterocycles. The lowest BCUT2D eigenvalue weighted by Crippen LogP contribution is -2.38. The van der Waals surface area contributed by atoms with Crippen LogP contribution in [-0.2, 0) is 4.79 Å². The number of carbonyl (C=O) groups excluding carboxylic acids is 2. The van der Waals surface area contributed by atoms with Crippen LogP contribution in [0.5, 0.6) is 0 Å². The molecule has 0 fully saturated rings. The molecule has 0 aliphatic heterocycles. The Morgan fingerprint density at radius 2 is 2.10 bits per heavy atom. The van der Waals surface area contributed by atoms with Gasteiger partial charge in [0, 0.05) is 20.1 Å². The first-order valence-corrected chi connectivity index (χ1v) is 7.33. The van der Waals surface area contributed by atoms with Crippen LogP contribution in [0.4, 0.5) is 10.9 Å². The molecular formula is C12H21N5O2S. The van der Waals surface area contributed by atoms with Crippen LogP contribution in [0, 0.1) is 0 Å². The van der Waals surface area contributed by atoms with Gasteiger partial charge in [-0.2, -0.15) is 0 Å². The number of hydrogen-bond acceptors (Lipinski definition) is 6. The number of rotatable bonds is 7. The predicted molar refractivity (Wildman–Crippen MR) is 81.0 cm³/mol. The molecule has 1 aromatic heterocycles. The third kappa shape index (κ3) is 4.37. The van der Waals surface area contributed by atoms with Crippen LogP contribution in [0.2, 0.25) is 0 Å². The molecule has 0 saturated carbocycles. The molecular weight excluding hydrogens is 278 g/mol. The standard InChI is InChI=1S/C12H21N5O2S/c1-4-6-15-12-16-10(13)9(20-12)11(19)17(3)7-8(18)14-5-2/h4-7,13H2,1-3H3,(H,14,18)(H,15,16). The molecule has 0 aromatic carbocycles. The summed E-state index contributed by atoms with van der Waals surface area (Å²) in [5, 5.41) is 6.35. The highest BCUT2D eigenvalue weighted by atomic mass is 32.1. The molecule has 1 heterocycles. The second-order valence-corrected chi connectivity index (χ2v) is 5.27. The first-order valence-electron chi connectivity index (χ1n) is 6.51. The number of carbonyl (C=O) groups is 2. The highest BCUT2D eigenvalue weighted by molar-refractivity contribution is 7.18. The summed E-state index contributed by atoms with van der Waals surface area (Å²) < 4.78 is 0. The average Bonchev–Trinajstić information content (AvgIpc) is 2.76. The molecule has 2 amide bonds. The lowest BCUT2D eigenvalue weighted by atomic mass is 10.4. The quantitative estimate of drug-likeness (QED) is 0.690. The maximum atomic E-state index is 12.2. The predicted octanol–water partition coefficient (Wildman–Crippen LogP) is 0.755. The fraction of sp³-hybridized carbons (Fsp3) is 0.583. The van der Waals surface area contributed by atoms with Gasteiger partial charge in [-0.15, -0.1) is 0 Å². The molecule has 0 radical (unpaired) electrons. The van der Waals surface area contributed by atoms with E-state index in [2.05, 4.69) is 15.6 Å². The summed E-state index contributed by atoms with van der Waals surface area (Å²) >= 11 is 1.21. The van der Waals surface area contributed by atoms with Crippen molar-refractivity contribution in [1.82, 2.24) is 15.2 Å². The third-order valence-electron chi connectivity index (χ3n) is 2.48. The number of amides is 2. The Bertz CT molecular complexity index is 474. The van der Waals surface area contributed by atoms with Crippen LogP contribution in [0.15, 0.2) is 0 Å². The van der Waals surface area contributed by atoms with Crippen molar-refractivity contribution >= 4 is 34.1 Å². The van der Waals surface area contributed by atoms with Crippen LogP contribution in [0.25, 0.3) is 0 Å². The average molecular weight is 299 g/mol. The van der Waals surface area contributed by atoms with Gasteiger partial charge in [0.2, 0.25) is 5.91 Å². The topological polar surface area (TPSA) is 100 Å². The van der Waals surface area contributed by atoms with Gasteiger partial charge >= 0.3 is 0 Å². The fourth-order valence-corrected chi connectivity index (χ4v) is 2.41. The Balaban J connectivity index is 2.70. The normalized spacial score (nSPS) is 10.2. The van der Waals surface area contributed by atoms with Crippen molar-refractivity contribution in [3.63, 3.8) is 0 Å². The smallest absolute Gasteiger partial charge is 0.268 e. The minimum Gasteiger partial charge on any atom is -0.382 e. The minimum atomic E-state index is -0.296. The van der Waals surface area contributed by atoms with E-state index in [9.17, 15) is 9.59 Å². The number of nitrogens with one attached hydrogen (secondary N) is 2. The second kappa shape index (κ2) is 7.68. The maximum Gasteiger partial charge on any atom is 0.268 e. The third-order valence-corrected chi connectivity index (χ3v) is 3.49. The summed E-state index contributed by atoms with van der Waals surface area (Å²) in [6.07, 6.45) is 0.958. The van der Waals surface area contributed by atoms with E-state index in [1.807, 2.05) is 13.8 Å². The van der Waals surface area contributed by atoms with E-state index in [0.717, 1.165) is 13.0 Å². The Morgan fingerprint density at radius 1 is 1.40 bits per heavy atom. The molecule has 8 heteroatoms. The zero-order valence-corrected chi connectivity index (χ0v) is 12.8. The van der Waals surface area contributed by atoms with E-state index in [1.165, 1.54) is 16.2 Å². The van der Waals surface area contributed by atoms with E-state index < -0.39 is 0 Å². The Labute approximate surface area is 122 Å². The maximum absolute atomic E-state index is 12.2. The van der Waals surface area contributed by atoms with Gasteiger partial charge in [0.05, 0.1) is 6.54 Å². The molecule has 112 valence electrons. The lowest BCUT2D eigenvalue weighted by Gasteiger charge is -2.15. The highest BCUT2D eigenvalue weighted by Gasteiger charge is 2.21. The molecule has 20 heavy (non-hydrogen) atoms. The second-order valence-electron chi connectivity index (χ2n) is 4.27. The minimum absolute atomic E-state index is 0.00172. The largest absolute Gasteiger partial charge is 0.382 e. The molecule has 0 unspecified atom stereocenters. The molecule has 7 nitrogen and oxygen atoms in total.